The van der Waals surface area contributed by atoms with Crippen LogP contribution in [0.25, 0.3) is 5.69 Å². The van der Waals surface area contributed by atoms with Crippen molar-refractivity contribution in [3.63, 3.8) is 0 Å². The minimum atomic E-state index is -0.373. The van der Waals surface area contributed by atoms with Gasteiger partial charge >= 0.3 is 0 Å². The molecule has 0 aliphatic rings. The summed E-state index contributed by atoms with van der Waals surface area (Å²) in [6.45, 7) is 5.29. The maximum atomic E-state index is 12.6. The van der Waals surface area contributed by atoms with Crippen LogP contribution in [-0.2, 0) is 9.59 Å². The summed E-state index contributed by atoms with van der Waals surface area (Å²) >= 11 is 1.34. The number of nitrogens with one attached hydrogen (secondary N) is 2. The number of aromatic nitrogens is 3. The lowest BCUT2D eigenvalue weighted by atomic mass is 10.2. The van der Waals surface area contributed by atoms with Crippen molar-refractivity contribution < 1.29 is 9.59 Å². The van der Waals surface area contributed by atoms with E-state index in [1.807, 2.05) is 42.7 Å². The number of carbonyl (C=O) groups excluding carboxylic acids is 2. The smallest absolute Gasteiger partial charge is 0.237 e. The second-order valence-electron chi connectivity index (χ2n) is 6.28. The molecule has 7 nitrogen and oxygen atoms in total. The first-order valence-electron chi connectivity index (χ1n) is 8.75. The fourth-order valence-corrected chi connectivity index (χ4v) is 3.43. The number of carbonyl (C=O) groups is 2. The molecule has 3 aromatic rings. The van der Waals surface area contributed by atoms with Gasteiger partial charge in [0.1, 0.15) is 6.33 Å². The topological polar surface area (TPSA) is 88.9 Å². The molecule has 0 spiro atoms. The van der Waals surface area contributed by atoms with Crippen molar-refractivity contribution in [1.29, 1.82) is 0 Å². The van der Waals surface area contributed by atoms with Gasteiger partial charge in [0.2, 0.25) is 11.8 Å². The fraction of sp³-hybridized carbons (Fsp3) is 0.200. The Balaban J connectivity index is 1.66. The Morgan fingerprint density at radius 2 is 1.68 bits per heavy atom. The van der Waals surface area contributed by atoms with Gasteiger partial charge in [-0.05, 0) is 49.7 Å². The second-order valence-corrected chi connectivity index (χ2v) is 7.59. The van der Waals surface area contributed by atoms with Crippen molar-refractivity contribution in [2.75, 3.05) is 10.6 Å². The van der Waals surface area contributed by atoms with E-state index in [0.29, 0.717) is 16.5 Å². The molecular weight excluding hydrogens is 374 g/mol. The highest BCUT2D eigenvalue weighted by atomic mass is 32.2. The number of thioether (sulfide) groups is 1. The number of anilines is 2. The highest BCUT2D eigenvalue weighted by Gasteiger charge is 2.19. The third-order valence-corrected chi connectivity index (χ3v) is 5.07. The van der Waals surface area contributed by atoms with Gasteiger partial charge in [-0.15, -0.1) is 10.2 Å². The Labute approximate surface area is 167 Å². The van der Waals surface area contributed by atoms with Crippen molar-refractivity contribution in [2.45, 2.75) is 31.2 Å². The molecule has 8 heteroatoms. The van der Waals surface area contributed by atoms with Crippen LogP contribution in [0.4, 0.5) is 11.4 Å². The van der Waals surface area contributed by atoms with Gasteiger partial charge in [-0.25, -0.2) is 0 Å². The predicted molar refractivity (Wildman–Crippen MR) is 111 cm³/mol. The van der Waals surface area contributed by atoms with Crippen LogP contribution in [-0.4, -0.2) is 31.8 Å². The average Bonchev–Trinajstić information content (AvgIpc) is 3.11. The lowest BCUT2D eigenvalue weighted by molar-refractivity contribution is -0.115. The molecule has 0 radical (unpaired) electrons. The van der Waals surface area contributed by atoms with E-state index >= 15 is 0 Å². The number of nitrogens with zero attached hydrogens (tertiary/aromatic N) is 3. The molecule has 1 unspecified atom stereocenters. The highest BCUT2D eigenvalue weighted by Crippen LogP contribution is 2.26. The summed E-state index contributed by atoms with van der Waals surface area (Å²) in [7, 11) is 0. The molecule has 1 heterocycles. The van der Waals surface area contributed by atoms with E-state index in [-0.39, 0.29) is 17.1 Å². The monoisotopic (exact) mass is 395 g/mol. The van der Waals surface area contributed by atoms with Crippen molar-refractivity contribution in [3.8, 4) is 5.69 Å². The summed E-state index contributed by atoms with van der Waals surface area (Å²) in [5, 5.41) is 14.0. The molecular formula is C20H21N5O2S. The zero-order chi connectivity index (χ0) is 20.1. The highest BCUT2D eigenvalue weighted by molar-refractivity contribution is 8.00. The summed E-state index contributed by atoms with van der Waals surface area (Å²) in [6, 6.07) is 14.9. The summed E-state index contributed by atoms with van der Waals surface area (Å²) in [5.74, 6) is -0.281. The molecule has 1 aromatic heterocycles. The van der Waals surface area contributed by atoms with Crippen LogP contribution in [0.2, 0.25) is 0 Å². The van der Waals surface area contributed by atoms with Crippen LogP contribution in [0, 0.1) is 6.92 Å². The SMILES string of the molecule is CC(=O)Nc1ccc(NC(=O)C(C)Sc2nncn2-c2ccccc2C)cc1. The Bertz CT molecular complexity index is 984. The predicted octanol–water partition coefficient (Wildman–Crippen LogP) is 3.65. The van der Waals surface area contributed by atoms with Gasteiger partial charge in [0, 0.05) is 18.3 Å². The first kappa shape index (κ1) is 19.6. The minimum absolute atomic E-state index is 0.139. The van der Waals surface area contributed by atoms with E-state index in [0.717, 1.165) is 11.3 Å². The minimum Gasteiger partial charge on any atom is -0.326 e. The largest absolute Gasteiger partial charge is 0.326 e. The summed E-state index contributed by atoms with van der Waals surface area (Å²) in [6.07, 6.45) is 1.65. The van der Waals surface area contributed by atoms with Crippen molar-refractivity contribution in [2.24, 2.45) is 0 Å². The second kappa shape index (κ2) is 8.71. The van der Waals surface area contributed by atoms with Crippen molar-refractivity contribution >= 4 is 35.0 Å². The Hall–Kier alpha value is -3.13. The maximum absolute atomic E-state index is 12.6. The zero-order valence-electron chi connectivity index (χ0n) is 15.8. The summed E-state index contributed by atoms with van der Waals surface area (Å²) < 4.78 is 1.88. The van der Waals surface area contributed by atoms with Gasteiger partial charge in [0.15, 0.2) is 5.16 Å². The standard InChI is InChI=1S/C20H21N5O2S/c1-13-6-4-5-7-18(13)25-12-21-24-20(25)28-14(2)19(27)23-17-10-8-16(9-11-17)22-15(3)26/h4-12,14H,1-3H3,(H,22,26)(H,23,27). The molecule has 0 saturated heterocycles. The lowest BCUT2D eigenvalue weighted by Crippen LogP contribution is -2.22. The first-order valence-corrected chi connectivity index (χ1v) is 9.63. The number of aryl methyl sites for hydroxylation is 1. The molecule has 2 N–H and O–H groups in total. The number of hydrogen-bond donors (Lipinski definition) is 2. The molecule has 0 aliphatic carbocycles. The van der Waals surface area contributed by atoms with Crippen LogP contribution >= 0.6 is 11.8 Å². The third kappa shape index (κ3) is 4.77. The maximum Gasteiger partial charge on any atom is 0.237 e. The molecule has 0 aliphatic heterocycles. The van der Waals surface area contributed by atoms with Gasteiger partial charge < -0.3 is 10.6 Å². The molecule has 3 rings (SSSR count). The number of hydrogen-bond acceptors (Lipinski definition) is 5. The van der Waals surface area contributed by atoms with Gasteiger partial charge in [0.25, 0.3) is 0 Å². The molecule has 0 bridgehead atoms. The average molecular weight is 395 g/mol. The van der Waals surface area contributed by atoms with Gasteiger partial charge in [0.05, 0.1) is 10.9 Å². The molecule has 1 atom stereocenters. The first-order chi connectivity index (χ1) is 13.4. The van der Waals surface area contributed by atoms with Crippen LogP contribution in [0.3, 0.4) is 0 Å². The van der Waals surface area contributed by atoms with Gasteiger partial charge in [-0.3, -0.25) is 14.2 Å². The number of benzene rings is 2. The molecule has 144 valence electrons. The van der Waals surface area contributed by atoms with Crippen LogP contribution < -0.4 is 10.6 Å². The van der Waals surface area contributed by atoms with Crippen LogP contribution in [0.5, 0.6) is 0 Å². The molecule has 2 aromatic carbocycles. The van der Waals surface area contributed by atoms with E-state index in [2.05, 4.69) is 20.8 Å². The molecule has 0 fully saturated rings. The Morgan fingerprint density at radius 1 is 1.04 bits per heavy atom. The van der Waals surface area contributed by atoms with E-state index in [1.165, 1.54) is 18.7 Å². The number of rotatable bonds is 6. The lowest BCUT2D eigenvalue weighted by Gasteiger charge is -2.13. The van der Waals surface area contributed by atoms with Crippen LogP contribution in [0.1, 0.15) is 19.4 Å². The van der Waals surface area contributed by atoms with Crippen LogP contribution in [0.15, 0.2) is 60.0 Å². The summed E-state index contributed by atoms with van der Waals surface area (Å²) in [5.41, 5.74) is 3.42. The van der Waals surface area contributed by atoms with E-state index in [4.69, 9.17) is 0 Å². The Kier molecular flexibility index (Phi) is 6.10. The number of amides is 2. The van der Waals surface area contributed by atoms with Crippen molar-refractivity contribution in [1.82, 2.24) is 14.8 Å². The molecule has 2 amide bonds. The van der Waals surface area contributed by atoms with E-state index < -0.39 is 0 Å². The Morgan fingerprint density at radius 3 is 2.32 bits per heavy atom. The third-order valence-electron chi connectivity index (χ3n) is 4.02. The van der Waals surface area contributed by atoms with Crippen molar-refractivity contribution in [3.05, 3.63) is 60.4 Å². The molecule has 0 saturated carbocycles. The van der Waals surface area contributed by atoms with E-state index in [1.54, 1.807) is 30.6 Å². The summed E-state index contributed by atoms with van der Waals surface area (Å²) in [4.78, 5) is 23.6. The van der Waals surface area contributed by atoms with E-state index in [9.17, 15) is 9.59 Å². The van der Waals surface area contributed by atoms with Gasteiger partial charge in [-0.2, -0.15) is 0 Å². The fourth-order valence-electron chi connectivity index (χ4n) is 2.60. The number of para-hydroxylation sites is 1. The quantitative estimate of drug-likeness (QED) is 0.622. The molecule has 28 heavy (non-hydrogen) atoms. The van der Waals surface area contributed by atoms with Gasteiger partial charge in [-0.1, -0.05) is 30.0 Å². The zero-order valence-corrected chi connectivity index (χ0v) is 16.7. The normalized spacial score (nSPS) is 11.7.